The number of carbonyl (C=O) groups is 2. The lowest BCUT2D eigenvalue weighted by atomic mass is 10.1. The van der Waals surface area contributed by atoms with E-state index in [-0.39, 0.29) is 0 Å². The van der Waals surface area contributed by atoms with Gasteiger partial charge in [0.2, 0.25) is 3.79 Å². The quantitative estimate of drug-likeness (QED) is 0.779. The van der Waals surface area contributed by atoms with Gasteiger partial charge >= 0.3 is 12.1 Å². The van der Waals surface area contributed by atoms with Crippen LogP contribution >= 0.6 is 34.8 Å². The van der Waals surface area contributed by atoms with Gasteiger partial charge in [0, 0.05) is 6.54 Å². The summed E-state index contributed by atoms with van der Waals surface area (Å²) in [7, 11) is 0. The van der Waals surface area contributed by atoms with Crippen molar-refractivity contribution in [2.75, 3.05) is 13.2 Å². The standard InChI is InChI=1S/C7H8Cl3NO4/c8-7(9,10)3-15-6(14)11-2-1-4(11)5(12)13/h4H,1-3H2,(H,12,13)/t4-/m0/s1. The van der Waals surface area contributed by atoms with Crippen LogP contribution in [0, 0.1) is 0 Å². The number of likely N-dealkylation sites (tertiary alicyclic amines) is 1. The number of carboxylic acid groups (broad SMARTS) is 1. The molecule has 0 spiro atoms. The molecule has 1 aliphatic rings. The van der Waals surface area contributed by atoms with Gasteiger partial charge in [0.05, 0.1) is 0 Å². The van der Waals surface area contributed by atoms with Crippen LogP contribution in [0.15, 0.2) is 0 Å². The molecule has 1 N–H and O–H groups in total. The van der Waals surface area contributed by atoms with Crippen LogP contribution in [0.1, 0.15) is 6.42 Å². The summed E-state index contributed by atoms with van der Waals surface area (Å²) in [5.74, 6) is -1.06. The maximum atomic E-state index is 11.3. The van der Waals surface area contributed by atoms with E-state index in [1.54, 1.807) is 0 Å². The Hall–Kier alpha value is -0.390. The molecule has 1 saturated heterocycles. The van der Waals surface area contributed by atoms with Gasteiger partial charge in [-0.1, -0.05) is 34.8 Å². The molecule has 0 aromatic rings. The second-order valence-electron chi connectivity index (χ2n) is 3.01. The van der Waals surface area contributed by atoms with E-state index in [0.29, 0.717) is 13.0 Å². The number of nitrogens with zero attached hydrogens (tertiary/aromatic N) is 1. The number of ether oxygens (including phenoxy) is 1. The summed E-state index contributed by atoms with van der Waals surface area (Å²) in [6.45, 7) is -0.0605. The molecule has 1 aliphatic heterocycles. The number of alkyl halides is 3. The number of carboxylic acids is 1. The summed E-state index contributed by atoms with van der Waals surface area (Å²) in [6, 6.07) is -0.826. The molecular weight excluding hydrogens is 268 g/mol. The molecule has 1 rings (SSSR count). The topological polar surface area (TPSA) is 66.8 Å². The number of halogens is 3. The Kier molecular flexibility index (Phi) is 3.92. The molecule has 1 atom stereocenters. The van der Waals surface area contributed by atoms with Crippen LogP contribution in [0.2, 0.25) is 0 Å². The number of hydrogen-bond acceptors (Lipinski definition) is 3. The van der Waals surface area contributed by atoms with Gasteiger partial charge in [-0.2, -0.15) is 0 Å². The lowest BCUT2D eigenvalue weighted by Crippen LogP contribution is -2.55. The molecule has 0 aromatic carbocycles. The first-order valence-corrected chi connectivity index (χ1v) is 5.17. The van der Waals surface area contributed by atoms with E-state index < -0.39 is 28.5 Å². The monoisotopic (exact) mass is 275 g/mol. The Balaban J connectivity index is 2.39. The van der Waals surface area contributed by atoms with E-state index in [2.05, 4.69) is 4.74 Å². The van der Waals surface area contributed by atoms with Crippen LogP contribution in [-0.2, 0) is 9.53 Å². The molecule has 8 heteroatoms. The Morgan fingerprint density at radius 1 is 1.47 bits per heavy atom. The first kappa shape index (κ1) is 12.7. The molecule has 15 heavy (non-hydrogen) atoms. The van der Waals surface area contributed by atoms with E-state index in [1.807, 2.05) is 0 Å². The minimum absolute atomic E-state index is 0.343. The van der Waals surface area contributed by atoms with E-state index in [0.717, 1.165) is 4.90 Å². The highest BCUT2D eigenvalue weighted by molar-refractivity contribution is 6.67. The Bertz CT molecular complexity index is 278. The highest BCUT2D eigenvalue weighted by Gasteiger charge is 2.39. The molecule has 1 amide bonds. The molecule has 0 saturated carbocycles. The van der Waals surface area contributed by atoms with Gasteiger partial charge in [-0.3, -0.25) is 4.90 Å². The molecule has 1 fully saturated rings. The van der Waals surface area contributed by atoms with Gasteiger partial charge in [-0.15, -0.1) is 0 Å². The molecule has 0 aliphatic carbocycles. The van der Waals surface area contributed by atoms with Crippen molar-refractivity contribution in [2.45, 2.75) is 16.3 Å². The average Bonchev–Trinajstić information content (AvgIpc) is 1.96. The minimum Gasteiger partial charge on any atom is -0.480 e. The molecule has 86 valence electrons. The Morgan fingerprint density at radius 3 is 2.40 bits per heavy atom. The first-order chi connectivity index (χ1) is 6.81. The fourth-order valence-electron chi connectivity index (χ4n) is 1.09. The fourth-order valence-corrected chi connectivity index (χ4v) is 1.25. The van der Waals surface area contributed by atoms with E-state index in [1.165, 1.54) is 0 Å². The minimum atomic E-state index is -1.68. The maximum absolute atomic E-state index is 11.3. The summed E-state index contributed by atoms with van der Waals surface area (Å²) in [6.07, 6.45) is -0.363. The lowest BCUT2D eigenvalue weighted by molar-refractivity contribution is -0.146. The molecule has 5 nitrogen and oxygen atoms in total. The maximum Gasteiger partial charge on any atom is 0.410 e. The predicted molar refractivity (Wildman–Crippen MR) is 54.4 cm³/mol. The first-order valence-electron chi connectivity index (χ1n) is 4.04. The summed E-state index contributed by atoms with van der Waals surface area (Å²) in [5.41, 5.74) is 0. The predicted octanol–water partition coefficient (Wildman–Crippen LogP) is 1.65. The second-order valence-corrected chi connectivity index (χ2v) is 5.52. The Labute approximate surface area is 101 Å². The number of rotatable bonds is 2. The van der Waals surface area contributed by atoms with Crippen LogP contribution < -0.4 is 0 Å². The van der Waals surface area contributed by atoms with Gasteiger partial charge in [0.15, 0.2) is 0 Å². The van der Waals surface area contributed by atoms with E-state index in [4.69, 9.17) is 39.9 Å². The van der Waals surface area contributed by atoms with Gasteiger partial charge in [0.25, 0.3) is 0 Å². The van der Waals surface area contributed by atoms with Crippen molar-refractivity contribution in [1.29, 1.82) is 0 Å². The van der Waals surface area contributed by atoms with Gasteiger partial charge < -0.3 is 9.84 Å². The van der Waals surface area contributed by atoms with Gasteiger partial charge in [0.1, 0.15) is 12.6 Å². The van der Waals surface area contributed by atoms with Crippen LogP contribution in [0.3, 0.4) is 0 Å². The zero-order chi connectivity index (χ0) is 11.6. The summed E-state index contributed by atoms with van der Waals surface area (Å²) in [5, 5.41) is 8.65. The van der Waals surface area contributed by atoms with Crippen molar-refractivity contribution in [3.05, 3.63) is 0 Å². The summed E-state index contributed by atoms with van der Waals surface area (Å²) in [4.78, 5) is 22.9. The third kappa shape index (κ3) is 3.59. The van der Waals surface area contributed by atoms with Crippen molar-refractivity contribution in [3.63, 3.8) is 0 Å². The van der Waals surface area contributed by atoms with Crippen molar-refractivity contribution >= 4 is 46.9 Å². The zero-order valence-electron chi connectivity index (χ0n) is 7.45. The molecule has 1 heterocycles. The smallest absolute Gasteiger partial charge is 0.410 e. The molecule has 0 unspecified atom stereocenters. The van der Waals surface area contributed by atoms with E-state index in [9.17, 15) is 9.59 Å². The van der Waals surface area contributed by atoms with Crippen LogP contribution in [-0.4, -0.2) is 45.1 Å². The van der Waals surface area contributed by atoms with Crippen LogP contribution in [0.25, 0.3) is 0 Å². The summed E-state index contributed by atoms with van der Waals surface area (Å²) < 4.78 is 2.94. The number of carbonyl (C=O) groups excluding carboxylic acids is 1. The molecule has 0 aromatic heterocycles. The highest BCUT2D eigenvalue weighted by Crippen LogP contribution is 2.27. The third-order valence-corrected chi connectivity index (χ3v) is 2.23. The SMILES string of the molecule is O=C(O)[C@@H]1CCN1C(=O)OCC(Cl)(Cl)Cl. The normalized spacial score (nSPS) is 20.7. The van der Waals surface area contributed by atoms with Crippen molar-refractivity contribution < 1.29 is 19.4 Å². The van der Waals surface area contributed by atoms with Crippen molar-refractivity contribution in [3.8, 4) is 0 Å². The third-order valence-electron chi connectivity index (χ3n) is 1.90. The second kappa shape index (κ2) is 4.63. The number of aliphatic carboxylic acids is 1. The van der Waals surface area contributed by atoms with E-state index >= 15 is 0 Å². The van der Waals surface area contributed by atoms with Crippen molar-refractivity contribution in [1.82, 2.24) is 4.90 Å². The average molecular weight is 277 g/mol. The fraction of sp³-hybridized carbons (Fsp3) is 0.714. The van der Waals surface area contributed by atoms with Gasteiger partial charge in [-0.25, -0.2) is 9.59 Å². The summed E-state index contributed by atoms with van der Waals surface area (Å²) >= 11 is 16.1. The largest absolute Gasteiger partial charge is 0.480 e. The number of hydrogen-bond donors (Lipinski definition) is 1. The van der Waals surface area contributed by atoms with Gasteiger partial charge in [-0.05, 0) is 6.42 Å². The van der Waals surface area contributed by atoms with Crippen LogP contribution in [0.5, 0.6) is 0 Å². The van der Waals surface area contributed by atoms with Crippen LogP contribution in [0.4, 0.5) is 4.79 Å². The zero-order valence-corrected chi connectivity index (χ0v) is 9.72. The molecule has 0 radical (unpaired) electrons. The molecule has 0 bridgehead atoms. The van der Waals surface area contributed by atoms with Crippen molar-refractivity contribution in [2.24, 2.45) is 0 Å². The molecular formula is C7H8Cl3NO4. The Morgan fingerprint density at radius 2 is 2.07 bits per heavy atom. The number of amides is 1. The highest BCUT2D eigenvalue weighted by atomic mass is 35.6. The lowest BCUT2D eigenvalue weighted by Gasteiger charge is -2.36.